The Balaban J connectivity index is 1.71. The summed E-state index contributed by atoms with van der Waals surface area (Å²) in [5, 5.41) is 4.09. The molecule has 0 radical (unpaired) electrons. The first-order valence-corrected chi connectivity index (χ1v) is 10.2. The minimum atomic E-state index is -0.448. The van der Waals surface area contributed by atoms with Gasteiger partial charge in [0.1, 0.15) is 0 Å². The molecule has 0 spiro atoms. The monoisotopic (exact) mass is 412 g/mol. The minimum absolute atomic E-state index is 0.243. The van der Waals surface area contributed by atoms with Crippen molar-refractivity contribution in [3.05, 3.63) is 59.1 Å². The number of nitrogens with zero attached hydrogens (tertiary/aromatic N) is 4. The molecule has 7 nitrogen and oxygen atoms in total. The average molecular weight is 413 g/mol. The van der Waals surface area contributed by atoms with Crippen molar-refractivity contribution in [3.8, 4) is 0 Å². The zero-order valence-electron chi connectivity index (χ0n) is 16.4. The summed E-state index contributed by atoms with van der Waals surface area (Å²) in [5.41, 5.74) is 9.23. The third kappa shape index (κ3) is 4.46. The van der Waals surface area contributed by atoms with Crippen molar-refractivity contribution in [1.82, 2.24) is 4.90 Å². The number of morpholine rings is 1. The third-order valence-corrected chi connectivity index (χ3v) is 5.20. The van der Waals surface area contributed by atoms with E-state index in [2.05, 4.69) is 56.3 Å². The van der Waals surface area contributed by atoms with Crippen LogP contribution in [0.1, 0.15) is 12.5 Å². The maximum absolute atomic E-state index is 6.17. The van der Waals surface area contributed by atoms with Crippen LogP contribution in [0, 0.1) is 0 Å². The van der Waals surface area contributed by atoms with Crippen LogP contribution in [-0.2, 0) is 11.2 Å². The Morgan fingerprint density at radius 3 is 2.62 bits per heavy atom. The smallest absolute Gasteiger partial charge is 0.222 e. The number of hydrogen-bond donors (Lipinski definition) is 2. The highest BCUT2D eigenvalue weighted by atomic mass is 35.5. The number of rotatable bonds is 4. The number of hydrogen-bond acceptors (Lipinski definition) is 7. The second-order valence-corrected chi connectivity index (χ2v) is 7.35. The topological polar surface area (TPSA) is 78.5 Å². The zero-order chi connectivity index (χ0) is 20.2. The van der Waals surface area contributed by atoms with E-state index < -0.39 is 6.29 Å². The fourth-order valence-electron chi connectivity index (χ4n) is 3.44. The number of aryl methyl sites for hydroxylation is 1. The van der Waals surface area contributed by atoms with Gasteiger partial charge in [0.25, 0.3) is 0 Å². The largest absolute Gasteiger partial charge is 0.378 e. The molecule has 0 amide bonds. The van der Waals surface area contributed by atoms with Crippen molar-refractivity contribution in [2.24, 2.45) is 15.7 Å². The Hall–Kier alpha value is -2.77. The van der Waals surface area contributed by atoms with Gasteiger partial charge in [-0.25, -0.2) is 4.99 Å². The van der Waals surface area contributed by atoms with E-state index in [4.69, 9.17) is 22.1 Å². The molecule has 2 heterocycles. The van der Waals surface area contributed by atoms with Crippen molar-refractivity contribution >= 4 is 34.9 Å². The molecule has 2 aliphatic rings. The number of benzene rings is 2. The summed E-state index contributed by atoms with van der Waals surface area (Å²) in [4.78, 5) is 13.4. The van der Waals surface area contributed by atoms with E-state index in [9.17, 15) is 0 Å². The van der Waals surface area contributed by atoms with Gasteiger partial charge in [0.15, 0.2) is 0 Å². The van der Waals surface area contributed by atoms with E-state index in [1.807, 2.05) is 24.3 Å². The first kappa shape index (κ1) is 19.5. The fourth-order valence-corrected chi connectivity index (χ4v) is 3.63. The third-order valence-electron chi connectivity index (χ3n) is 4.97. The molecule has 1 saturated heterocycles. The molecule has 8 heteroatoms. The first-order valence-electron chi connectivity index (χ1n) is 9.79. The minimum Gasteiger partial charge on any atom is -0.378 e. The number of anilines is 2. The summed E-state index contributed by atoms with van der Waals surface area (Å²) >= 11 is 6.17. The van der Waals surface area contributed by atoms with Crippen LogP contribution in [0.3, 0.4) is 0 Å². The molecule has 2 aliphatic heterocycles. The molecular weight excluding hydrogens is 388 g/mol. The van der Waals surface area contributed by atoms with Gasteiger partial charge in [0.05, 0.1) is 13.2 Å². The summed E-state index contributed by atoms with van der Waals surface area (Å²) in [6, 6.07) is 16.0. The van der Waals surface area contributed by atoms with Crippen molar-refractivity contribution < 1.29 is 4.74 Å². The normalized spacial score (nSPS) is 19.6. The quantitative estimate of drug-likeness (QED) is 0.806. The predicted molar refractivity (Wildman–Crippen MR) is 119 cm³/mol. The lowest BCUT2D eigenvalue weighted by Gasteiger charge is -2.41. The highest BCUT2D eigenvalue weighted by Gasteiger charge is 2.32. The standard InChI is InChI=1S/C21H25ClN6O/c1-2-15-6-8-18(9-7-15)28-20(24-17-5-3-4-16(22)14-17)25-19(23)26-21(28)27-10-12-29-13-11-27/h3-9,14,20,24H,2,10-13H2,1H3,(H2,23,25). The van der Waals surface area contributed by atoms with E-state index in [1.54, 1.807) is 0 Å². The summed E-state index contributed by atoms with van der Waals surface area (Å²) in [7, 11) is 0. The highest BCUT2D eigenvalue weighted by Crippen LogP contribution is 2.26. The molecule has 1 fully saturated rings. The lowest BCUT2D eigenvalue weighted by atomic mass is 10.1. The van der Waals surface area contributed by atoms with Crippen LogP contribution in [0.2, 0.25) is 5.02 Å². The Morgan fingerprint density at radius 1 is 1.17 bits per heavy atom. The van der Waals surface area contributed by atoms with Gasteiger partial charge in [-0.05, 0) is 42.3 Å². The number of ether oxygens (including phenoxy) is 1. The molecule has 0 bridgehead atoms. The number of halogens is 1. The van der Waals surface area contributed by atoms with E-state index >= 15 is 0 Å². The van der Waals surface area contributed by atoms with Crippen LogP contribution in [0.25, 0.3) is 0 Å². The molecule has 29 heavy (non-hydrogen) atoms. The van der Waals surface area contributed by atoms with Gasteiger partial charge in [0, 0.05) is 29.5 Å². The highest BCUT2D eigenvalue weighted by molar-refractivity contribution is 6.30. The molecule has 152 valence electrons. The summed E-state index contributed by atoms with van der Waals surface area (Å²) in [6.07, 6.45) is 0.538. The van der Waals surface area contributed by atoms with Crippen LogP contribution >= 0.6 is 11.6 Å². The van der Waals surface area contributed by atoms with E-state index in [0.717, 1.165) is 36.8 Å². The van der Waals surface area contributed by atoms with Gasteiger partial charge in [-0.15, -0.1) is 0 Å². The molecule has 0 saturated carbocycles. The van der Waals surface area contributed by atoms with Crippen LogP contribution in [0.5, 0.6) is 0 Å². The van der Waals surface area contributed by atoms with Crippen LogP contribution < -0.4 is 16.0 Å². The van der Waals surface area contributed by atoms with Gasteiger partial charge in [-0.1, -0.05) is 36.7 Å². The maximum atomic E-state index is 6.17. The van der Waals surface area contributed by atoms with Crippen molar-refractivity contribution in [2.45, 2.75) is 19.6 Å². The van der Waals surface area contributed by atoms with Crippen molar-refractivity contribution in [1.29, 1.82) is 0 Å². The second-order valence-electron chi connectivity index (χ2n) is 6.92. The lowest BCUT2D eigenvalue weighted by Crippen LogP contribution is -2.57. The van der Waals surface area contributed by atoms with Crippen LogP contribution in [-0.4, -0.2) is 49.4 Å². The SMILES string of the molecule is CCc1ccc(N2C(N3CCOCC3)=NC(N)=NC2Nc2cccc(Cl)c2)cc1. The fraction of sp³-hybridized carbons (Fsp3) is 0.333. The van der Waals surface area contributed by atoms with Crippen LogP contribution in [0.15, 0.2) is 58.5 Å². The number of nitrogens with one attached hydrogen (secondary N) is 1. The molecule has 4 rings (SSSR count). The van der Waals surface area contributed by atoms with Gasteiger partial charge < -0.3 is 20.7 Å². The Labute approximate surface area is 175 Å². The summed E-state index contributed by atoms with van der Waals surface area (Å²) in [6.45, 7) is 4.96. The summed E-state index contributed by atoms with van der Waals surface area (Å²) < 4.78 is 5.52. The average Bonchev–Trinajstić information content (AvgIpc) is 2.74. The number of guanidine groups is 2. The molecule has 2 aromatic rings. The number of nitrogens with two attached hydrogens (primary N) is 1. The van der Waals surface area contributed by atoms with Gasteiger partial charge in [0.2, 0.25) is 18.2 Å². The second kappa shape index (κ2) is 8.71. The van der Waals surface area contributed by atoms with Gasteiger partial charge in [-0.2, -0.15) is 4.99 Å². The van der Waals surface area contributed by atoms with Crippen LogP contribution in [0.4, 0.5) is 11.4 Å². The van der Waals surface area contributed by atoms with Crippen molar-refractivity contribution in [3.63, 3.8) is 0 Å². The molecule has 1 atom stereocenters. The van der Waals surface area contributed by atoms with E-state index in [-0.39, 0.29) is 5.96 Å². The van der Waals surface area contributed by atoms with E-state index in [1.165, 1.54) is 5.56 Å². The summed E-state index contributed by atoms with van der Waals surface area (Å²) in [5.74, 6) is 1.01. The molecule has 0 aliphatic carbocycles. The predicted octanol–water partition coefficient (Wildman–Crippen LogP) is 3.12. The molecule has 2 aromatic carbocycles. The Bertz CT molecular complexity index is 908. The van der Waals surface area contributed by atoms with Gasteiger partial charge in [-0.3, -0.25) is 4.90 Å². The van der Waals surface area contributed by atoms with Crippen molar-refractivity contribution in [2.75, 3.05) is 36.5 Å². The first-order chi connectivity index (χ1) is 14.1. The molecule has 3 N–H and O–H groups in total. The lowest BCUT2D eigenvalue weighted by molar-refractivity contribution is 0.0671. The Kier molecular flexibility index (Phi) is 5.87. The Morgan fingerprint density at radius 2 is 1.93 bits per heavy atom. The maximum Gasteiger partial charge on any atom is 0.222 e. The molecular formula is C21H25ClN6O. The molecule has 1 unspecified atom stereocenters. The number of aliphatic imine (C=N–C) groups is 2. The van der Waals surface area contributed by atoms with E-state index in [0.29, 0.717) is 18.2 Å². The van der Waals surface area contributed by atoms with Gasteiger partial charge >= 0.3 is 0 Å². The molecule has 0 aromatic heterocycles. The zero-order valence-corrected chi connectivity index (χ0v) is 17.1.